The molecular weight excluding hydrogens is 354 g/mol. The monoisotopic (exact) mass is 381 g/mol. The summed E-state index contributed by atoms with van der Waals surface area (Å²) in [4.78, 5) is 24.4. The van der Waals surface area contributed by atoms with Crippen molar-refractivity contribution in [2.75, 3.05) is 5.32 Å². The average molecular weight is 381 g/mol. The van der Waals surface area contributed by atoms with Gasteiger partial charge in [0.15, 0.2) is 5.60 Å². The van der Waals surface area contributed by atoms with Gasteiger partial charge in [0.25, 0.3) is 5.91 Å². The number of hydrogen-bond donors (Lipinski definition) is 1. The Morgan fingerprint density at radius 1 is 1.14 bits per heavy atom. The van der Waals surface area contributed by atoms with E-state index in [4.69, 9.17) is 9.47 Å². The first-order valence-electron chi connectivity index (χ1n) is 9.50. The summed E-state index contributed by atoms with van der Waals surface area (Å²) in [6, 6.07) is 13.1. The Morgan fingerprint density at radius 3 is 2.43 bits per heavy atom. The summed E-state index contributed by atoms with van der Waals surface area (Å²) in [5.41, 5.74) is 1.33. The molecular formula is C23H27NO4. The molecule has 0 spiro atoms. The van der Waals surface area contributed by atoms with E-state index in [9.17, 15) is 9.59 Å². The number of aryl methyl sites for hydroxylation is 1. The molecule has 1 aliphatic heterocycles. The number of esters is 1. The normalized spacial score (nSPS) is 18.6. The van der Waals surface area contributed by atoms with E-state index in [1.807, 2.05) is 70.2 Å². The van der Waals surface area contributed by atoms with E-state index in [1.165, 1.54) is 6.92 Å². The number of rotatable bonds is 3. The molecule has 28 heavy (non-hydrogen) atoms. The van der Waals surface area contributed by atoms with Gasteiger partial charge < -0.3 is 14.8 Å². The highest BCUT2D eigenvalue weighted by molar-refractivity contribution is 5.97. The third kappa shape index (κ3) is 4.19. The van der Waals surface area contributed by atoms with Gasteiger partial charge >= 0.3 is 5.97 Å². The lowest BCUT2D eigenvalue weighted by Gasteiger charge is -2.35. The zero-order valence-electron chi connectivity index (χ0n) is 17.1. The van der Waals surface area contributed by atoms with E-state index in [2.05, 4.69) is 5.32 Å². The minimum absolute atomic E-state index is 0.175. The van der Waals surface area contributed by atoms with Crippen molar-refractivity contribution in [2.24, 2.45) is 0 Å². The van der Waals surface area contributed by atoms with Gasteiger partial charge in [-0.05, 0) is 48.6 Å². The molecule has 3 rings (SSSR count). The molecule has 1 amide bonds. The summed E-state index contributed by atoms with van der Waals surface area (Å²) in [5.74, 6) is 0.692. The standard InChI is InChI=1S/C23H27NO4/c1-15(25)27-20-13-16-11-12-23(5,21(26)24-17-9-7-6-8-10-17)28-19(16)14-18(20)22(2,3)4/h6-10,13-14H,11-12H2,1-5H3,(H,24,26). The van der Waals surface area contributed by atoms with Crippen molar-refractivity contribution in [3.05, 3.63) is 53.6 Å². The van der Waals surface area contributed by atoms with Crippen LogP contribution in [0.5, 0.6) is 11.5 Å². The number of fused-ring (bicyclic) bond motifs is 1. The van der Waals surface area contributed by atoms with Gasteiger partial charge in [-0.3, -0.25) is 9.59 Å². The smallest absolute Gasteiger partial charge is 0.308 e. The number of carbonyl (C=O) groups excluding carboxylic acids is 2. The summed E-state index contributed by atoms with van der Waals surface area (Å²) >= 11 is 0. The highest BCUT2D eigenvalue weighted by atomic mass is 16.5. The van der Waals surface area contributed by atoms with Crippen molar-refractivity contribution in [1.29, 1.82) is 0 Å². The molecule has 1 heterocycles. The predicted octanol–water partition coefficient (Wildman–Crippen LogP) is 4.63. The Morgan fingerprint density at radius 2 is 1.82 bits per heavy atom. The Balaban J connectivity index is 1.91. The van der Waals surface area contributed by atoms with Crippen LogP contribution < -0.4 is 14.8 Å². The van der Waals surface area contributed by atoms with Crippen LogP contribution in [0.3, 0.4) is 0 Å². The third-order valence-electron chi connectivity index (χ3n) is 4.94. The van der Waals surface area contributed by atoms with Gasteiger partial charge in [0.1, 0.15) is 11.5 Å². The molecule has 5 heteroatoms. The van der Waals surface area contributed by atoms with E-state index in [-0.39, 0.29) is 17.3 Å². The molecule has 1 aliphatic rings. The fourth-order valence-electron chi connectivity index (χ4n) is 3.33. The van der Waals surface area contributed by atoms with Crippen LogP contribution >= 0.6 is 0 Å². The molecule has 0 aromatic heterocycles. The van der Waals surface area contributed by atoms with Gasteiger partial charge in [-0.15, -0.1) is 0 Å². The largest absolute Gasteiger partial charge is 0.477 e. The highest BCUT2D eigenvalue weighted by Crippen LogP contribution is 2.42. The quantitative estimate of drug-likeness (QED) is 0.622. The Bertz CT molecular complexity index is 899. The van der Waals surface area contributed by atoms with Crippen LogP contribution in [-0.2, 0) is 21.4 Å². The minimum atomic E-state index is -0.971. The molecule has 2 aromatic carbocycles. The maximum Gasteiger partial charge on any atom is 0.308 e. The summed E-state index contributed by atoms with van der Waals surface area (Å²) in [6.45, 7) is 9.35. The van der Waals surface area contributed by atoms with Gasteiger partial charge in [0.05, 0.1) is 0 Å². The lowest BCUT2D eigenvalue weighted by Crippen LogP contribution is -2.47. The van der Waals surface area contributed by atoms with E-state index in [1.54, 1.807) is 0 Å². The maximum atomic E-state index is 12.9. The van der Waals surface area contributed by atoms with Crippen molar-refractivity contribution >= 4 is 17.6 Å². The first-order chi connectivity index (χ1) is 13.1. The van der Waals surface area contributed by atoms with Crippen molar-refractivity contribution in [1.82, 2.24) is 0 Å². The Kier molecular flexibility index (Phi) is 5.20. The number of nitrogens with one attached hydrogen (secondary N) is 1. The molecule has 0 saturated carbocycles. The van der Waals surface area contributed by atoms with Crippen LogP contribution in [-0.4, -0.2) is 17.5 Å². The lowest BCUT2D eigenvalue weighted by molar-refractivity contribution is -0.132. The number of amides is 1. The molecule has 148 valence electrons. The van der Waals surface area contributed by atoms with Crippen molar-refractivity contribution in [3.63, 3.8) is 0 Å². The topological polar surface area (TPSA) is 64.6 Å². The molecule has 0 saturated heterocycles. The van der Waals surface area contributed by atoms with Crippen LogP contribution in [0.25, 0.3) is 0 Å². The second kappa shape index (κ2) is 7.30. The molecule has 1 unspecified atom stereocenters. The van der Waals surface area contributed by atoms with Crippen LogP contribution in [0.2, 0.25) is 0 Å². The van der Waals surface area contributed by atoms with E-state index in [0.29, 0.717) is 24.3 Å². The van der Waals surface area contributed by atoms with E-state index >= 15 is 0 Å². The van der Waals surface area contributed by atoms with Crippen LogP contribution in [0.15, 0.2) is 42.5 Å². The van der Waals surface area contributed by atoms with Gasteiger partial charge in [0, 0.05) is 24.6 Å². The fourth-order valence-corrected chi connectivity index (χ4v) is 3.33. The third-order valence-corrected chi connectivity index (χ3v) is 4.94. The number of anilines is 1. The summed E-state index contributed by atoms with van der Waals surface area (Å²) in [5, 5.41) is 2.93. The zero-order valence-corrected chi connectivity index (χ0v) is 17.1. The molecule has 0 bridgehead atoms. The van der Waals surface area contributed by atoms with Crippen molar-refractivity contribution in [3.8, 4) is 11.5 Å². The zero-order chi connectivity index (χ0) is 20.5. The highest BCUT2D eigenvalue weighted by Gasteiger charge is 2.40. The maximum absolute atomic E-state index is 12.9. The first-order valence-corrected chi connectivity index (χ1v) is 9.50. The second-order valence-electron chi connectivity index (χ2n) is 8.45. The lowest BCUT2D eigenvalue weighted by atomic mass is 9.83. The van der Waals surface area contributed by atoms with Gasteiger partial charge in [-0.1, -0.05) is 39.0 Å². The van der Waals surface area contributed by atoms with Crippen molar-refractivity contribution in [2.45, 2.75) is 58.5 Å². The molecule has 1 N–H and O–H groups in total. The molecule has 0 fully saturated rings. The predicted molar refractivity (Wildman–Crippen MR) is 109 cm³/mol. The minimum Gasteiger partial charge on any atom is -0.477 e. The molecule has 1 atom stereocenters. The Hall–Kier alpha value is -2.82. The summed E-state index contributed by atoms with van der Waals surface area (Å²) in [7, 11) is 0. The number of para-hydroxylation sites is 1. The Labute approximate surface area is 166 Å². The van der Waals surface area contributed by atoms with Gasteiger partial charge in [0.2, 0.25) is 0 Å². The van der Waals surface area contributed by atoms with Gasteiger partial charge in [-0.25, -0.2) is 0 Å². The molecule has 5 nitrogen and oxygen atoms in total. The molecule has 2 aromatic rings. The van der Waals surface area contributed by atoms with Gasteiger partial charge in [-0.2, -0.15) is 0 Å². The molecule has 0 aliphatic carbocycles. The fraction of sp³-hybridized carbons (Fsp3) is 0.391. The number of hydrogen-bond acceptors (Lipinski definition) is 4. The number of ether oxygens (including phenoxy) is 2. The SMILES string of the molecule is CC(=O)Oc1cc2c(cc1C(C)(C)C)OC(C)(C(=O)Nc1ccccc1)CC2. The average Bonchev–Trinajstić information content (AvgIpc) is 2.61. The van der Waals surface area contributed by atoms with E-state index in [0.717, 1.165) is 16.8 Å². The van der Waals surface area contributed by atoms with Crippen molar-refractivity contribution < 1.29 is 19.1 Å². The summed E-state index contributed by atoms with van der Waals surface area (Å²) < 4.78 is 11.6. The van der Waals surface area contributed by atoms with Crippen LogP contribution in [0.1, 0.15) is 52.2 Å². The second-order valence-corrected chi connectivity index (χ2v) is 8.45. The molecule has 0 radical (unpaired) electrons. The van der Waals surface area contributed by atoms with Crippen LogP contribution in [0.4, 0.5) is 5.69 Å². The number of benzene rings is 2. The first kappa shape index (κ1) is 19.9. The van der Waals surface area contributed by atoms with E-state index < -0.39 is 5.60 Å². The number of carbonyl (C=O) groups is 2. The summed E-state index contributed by atoms with van der Waals surface area (Å²) in [6.07, 6.45) is 1.19. The van der Waals surface area contributed by atoms with Crippen LogP contribution in [0, 0.1) is 0 Å².